The minimum atomic E-state index is 0.474. The average molecular weight is 486 g/mol. The lowest BCUT2D eigenvalue weighted by molar-refractivity contribution is 0.0571. The molecule has 0 aliphatic carbocycles. The standard InChI is InChI=1S/C31H39N3O2/c1-35-19-17-34(24-27-8-5-14-32-22-27)30(21-25-6-3-2-4-7-25)28-11-15-33(16-12-28)23-26-9-10-31-29(20-26)13-18-36-31/h2-10,14,20,22,28,30H,11-13,15-19,21,23-24H2,1H3. The molecule has 2 aliphatic rings. The summed E-state index contributed by atoms with van der Waals surface area (Å²) in [5, 5.41) is 0. The Labute approximate surface area is 216 Å². The second-order valence-electron chi connectivity index (χ2n) is 10.2. The predicted molar refractivity (Wildman–Crippen MR) is 144 cm³/mol. The number of rotatable bonds is 11. The van der Waals surface area contributed by atoms with Crippen molar-refractivity contribution in [1.82, 2.24) is 14.8 Å². The quantitative estimate of drug-likeness (QED) is 0.383. The summed E-state index contributed by atoms with van der Waals surface area (Å²) in [4.78, 5) is 9.65. The van der Waals surface area contributed by atoms with Crippen molar-refractivity contribution in [2.75, 3.05) is 40.0 Å². The molecule has 36 heavy (non-hydrogen) atoms. The van der Waals surface area contributed by atoms with Crippen LogP contribution in [-0.4, -0.2) is 60.8 Å². The van der Waals surface area contributed by atoms with Gasteiger partial charge in [0.25, 0.3) is 0 Å². The first-order valence-corrected chi connectivity index (χ1v) is 13.4. The van der Waals surface area contributed by atoms with Crippen molar-refractivity contribution in [2.24, 2.45) is 5.92 Å². The summed E-state index contributed by atoms with van der Waals surface area (Å²) >= 11 is 0. The molecule has 1 unspecified atom stereocenters. The van der Waals surface area contributed by atoms with Crippen LogP contribution in [0.2, 0.25) is 0 Å². The molecule has 0 spiro atoms. The molecule has 5 nitrogen and oxygen atoms in total. The van der Waals surface area contributed by atoms with E-state index in [0.717, 1.165) is 64.5 Å². The summed E-state index contributed by atoms with van der Waals surface area (Å²) in [6.45, 7) is 6.74. The molecule has 0 N–H and O–H groups in total. The van der Waals surface area contributed by atoms with Gasteiger partial charge in [-0.25, -0.2) is 0 Å². The number of hydrogen-bond donors (Lipinski definition) is 0. The highest BCUT2D eigenvalue weighted by atomic mass is 16.5. The summed E-state index contributed by atoms with van der Waals surface area (Å²) < 4.78 is 11.2. The number of ether oxygens (including phenoxy) is 2. The molecule has 3 aromatic rings. The minimum absolute atomic E-state index is 0.474. The van der Waals surface area contributed by atoms with Gasteiger partial charge in [0.2, 0.25) is 0 Å². The van der Waals surface area contributed by atoms with E-state index in [9.17, 15) is 0 Å². The molecule has 5 rings (SSSR count). The second-order valence-corrected chi connectivity index (χ2v) is 10.2. The number of nitrogens with zero attached hydrogens (tertiary/aromatic N) is 3. The molecule has 1 fully saturated rings. The van der Waals surface area contributed by atoms with E-state index in [1.54, 1.807) is 7.11 Å². The molecular formula is C31H39N3O2. The lowest BCUT2D eigenvalue weighted by Crippen LogP contribution is -2.47. The molecule has 1 saturated heterocycles. The third-order valence-corrected chi connectivity index (χ3v) is 7.78. The van der Waals surface area contributed by atoms with Gasteiger partial charge in [-0.1, -0.05) is 48.5 Å². The fourth-order valence-electron chi connectivity index (χ4n) is 5.84. The Kier molecular flexibility index (Phi) is 8.65. The maximum Gasteiger partial charge on any atom is 0.122 e. The van der Waals surface area contributed by atoms with Crippen molar-refractivity contribution in [2.45, 2.75) is 44.8 Å². The monoisotopic (exact) mass is 485 g/mol. The van der Waals surface area contributed by atoms with Gasteiger partial charge in [0.05, 0.1) is 13.2 Å². The predicted octanol–water partition coefficient (Wildman–Crippen LogP) is 4.99. The molecule has 1 aromatic heterocycles. The third kappa shape index (κ3) is 6.52. The lowest BCUT2D eigenvalue weighted by Gasteiger charge is -2.41. The maximum atomic E-state index is 5.69. The number of pyridine rings is 1. The van der Waals surface area contributed by atoms with E-state index in [1.807, 2.05) is 18.5 Å². The van der Waals surface area contributed by atoms with E-state index in [2.05, 4.69) is 69.4 Å². The highest BCUT2D eigenvalue weighted by Crippen LogP contribution is 2.30. The number of hydrogen-bond acceptors (Lipinski definition) is 5. The van der Waals surface area contributed by atoms with Crippen LogP contribution in [0.5, 0.6) is 5.75 Å². The molecule has 2 aliphatic heterocycles. The second kappa shape index (κ2) is 12.5. The topological polar surface area (TPSA) is 37.8 Å². The van der Waals surface area contributed by atoms with E-state index in [1.165, 1.54) is 35.1 Å². The first-order chi connectivity index (χ1) is 17.8. The number of aromatic nitrogens is 1. The van der Waals surface area contributed by atoms with Crippen LogP contribution in [0.15, 0.2) is 73.1 Å². The highest BCUT2D eigenvalue weighted by Gasteiger charge is 2.31. The zero-order valence-corrected chi connectivity index (χ0v) is 21.5. The molecule has 2 aromatic carbocycles. The average Bonchev–Trinajstić information content (AvgIpc) is 3.40. The largest absolute Gasteiger partial charge is 0.493 e. The Bertz CT molecular complexity index is 1070. The summed E-state index contributed by atoms with van der Waals surface area (Å²) in [6.07, 6.45) is 8.42. The highest BCUT2D eigenvalue weighted by molar-refractivity contribution is 5.39. The van der Waals surface area contributed by atoms with Crippen LogP contribution >= 0.6 is 0 Å². The van der Waals surface area contributed by atoms with Gasteiger partial charge >= 0.3 is 0 Å². The van der Waals surface area contributed by atoms with Crippen molar-refractivity contribution < 1.29 is 9.47 Å². The molecule has 0 radical (unpaired) electrons. The Hall–Kier alpha value is -2.73. The molecule has 1 atom stereocenters. The Balaban J connectivity index is 1.28. The van der Waals surface area contributed by atoms with Gasteiger partial charge in [-0.2, -0.15) is 0 Å². The fourth-order valence-corrected chi connectivity index (χ4v) is 5.84. The number of likely N-dealkylation sites (tertiary alicyclic amines) is 1. The van der Waals surface area contributed by atoms with E-state index < -0.39 is 0 Å². The fraction of sp³-hybridized carbons (Fsp3) is 0.452. The normalized spacial score (nSPS) is 17.2. The van der Waals surface area contributed by atoms with Crippen molar-refractivity contribution in [3.63, 3.8) is 0 Å². The lowest BCUT2D eigenvalue weighted by atomic mass is 9.84. The molecule has 0 amide bonds. The number of fused-ring (bicyclic) bond motifs is 1. The zero-order valence-electron chi connectivity index (χ0n) is 21.5. The van der Waals surface area contributed by atoms with Crippen LogP contribution in [0, 0.1) is 5.92 Å². The molecule has 190 valence electrons. The van der Waals surface area contributed by atoms with Gasteiger partial charge in [0.1, 0.15) is 5.75 Å². The van der Waals surface area contributed by atoms with Crippen LogP contribution in [0.4, 0.5) is 0 Å². The summed E-state index contributed by atoms with van der Waals surface area (Å²) in [6, 6.07) is 22.5. The summed E-state index contributed by atoms with van der Waals surface area (Å²) in [7, 11) is 1.80. The van der Waals surface area contributed by atoms with Crippen LogP contribution in [0.1, 0.15) is 35.1 Å². The van der Waals surface area contributed by atoms with Crippen molar-refractivity contribution >= 4 is 0 Å². The molecule has 5 heteroatoms. The first kappa shape index (κ1) is 24.9. The van der Waals surface area contributed by atoms with Crippen molar-refractivity contribution in [3.8, 4) is 5.75 Å². The van der Waals surface area contributed by atoms with Crippen LogP contribution in [0.3, 0.4) is 0 Å². The van der Waals surface area contributed by atoms with Crippen molar-refractivity contribution in [3.05, 3.63) is 95.3 Å². The van der Waals surface area contributed by atoms with Crippen LogP contribution < -0.4 is 4.74 Å². The molecule has 0 bridgehead atoms. The number of methoxy groups -OCH3 is 1. The Morgan fingerprint density at radius 1 is 1.03 bits per heavy atom. The van der Waals surface area contributed by atoms with Gasteiger partial charge in [0.15, 0.2) is 0 Å². The van der Waals surface area contributed by atoms with Gasteiger partial charge in [-0.05, 0) is 72.7 Å². The number of benzene rings is 2. The third-order valence-electron chi connectivity index (χ3n) is 7.78. The van der Waals surface area contributed by atoms with Crippen LogP contribution in [0.25, 0.3) is 0 Å². The van der Waals surface area contributed by atoms with Crippen LogP contribution in [-0.2, 0) is 30.7 Å². The molecule has 3 heterocycles. The SMILES string of the molecule is COCCN(Cc1cccnc1)C(Cc1ccccc1)C1CCN(Cc2ccc3c(c2)CCO3)CC1. The maximum absolute atomic E-state index is 5.69. The van der Waals surface area contributed by atoms with E-state index in [4.69, 9.17) is 9.47 Å². The van der Waals surface area contributed by atoms with E-state index in [-0.39, 0.29) is 0 Å². The zero-order chi connectivity index (χ0) is 24.6. The van der Waals surface area contributed by atoms with Gasteiger partial charge in [0, 0.05) is 51.6 Å². The van der Waals surface area contributed by atoms with E-state index in [0.29, 0.717) is 12.0 Å². The summed E-state index contributed by atoms with van der Waals surface area (Å²) in [5.74, 6) is 1.73. The van der Waals surface area contributed by atoms with Gasteiger partial charge in [-0.15, -0.1) is 0 Å². The first-order valence-electron chi connectivity index (χ1n) is 13.4. The van der Waals surface area contributed by atoms with E-state index >= 15 is 0 Å². The Morgan fingerprint density at radius 2 is 1.86 bits per heavy atom. The number of piperidine rings is 1. The Morgan fingerprint density at radius 3 is 2.64 bits per heavy atom. The molecule has 0 saturated carbocycles. The summed E-state index contributed by atoms with van der Waals surface area (Å²) in [5.41, 5.74) is 5.47. The molecular weight excluding hydrogens is 446 g/mol. The van der Waals surface area contributed by atoms with Gasteiger partial charge in [-0.3, -0.25) is 14.8 Å². The van der Waals surface area contributed by atoms with Crippen molar-refractivity contribution in [1.29, 1.82) is 0 Å². The minimum Gasteiger partial charge on any atom is -0.493 e. The van der Waals surface area contributed by atoms with Gasteiger partial charge < -0.3 is 9.47 Å². The smallest absolute Gasteiger partial charge is 0.122 e.